The van der Waals surface area contributed by atoms with Crippen LogP contribution in [0.2, 0.25) is 0 Å². The van der Waals surface area contributed by atoms with Gasteiger partial charge in [-0.1, -0.05) is 50.2 Å². The second-order valence-electron chi connectivity index (χ2n) is 9.88. The number of hydrogen-bond donors (Lipinski definition) is 2. The Labute approximate surface area is 234 Å². The average Bonchev–Trinajstić information content (AvgIpc) is 2.94. The largest absolute Gasteiger partial charge is 0.488 e. The van der Waals surface area contributed by atoms with E-state index >= 15 is 0 Å². The second kappa shape index (κ2) is 12.2. The fourth-order valence-electron chi connectivity index (χ4n) is 4.19. The van der Waals surface area contributed by atoms with Crippen LogP contribution in [0.25, 0.3) is 22.3 Å². The Balaban J connectivity index is 1.84. The van der Waals surface area contributed by atoms with Crippen molar-refractivity contribution in [1.29, 1.82) is 0 Å². The Kier molecular flexibility index (Phi) is 8.76. The zero-order chi connectivity index (χ0) is 29.7. The van der Waals surface area contributed by atoms with Gasteiger partial charge in [-0.15, -0.1) is 0 Å². The van der Waals surface area contributed by atoms with Crippen LogP contribution in [0.5, 0.6) is 5.75 Å². The number of ether oxygens (including phenoxy) is 1. The summed E-state index contributed by atoms with van der Waals surface area (Å²) in [5.41, 5.74) is 0.849. The fourth-order valence-corrected chi connectivity index (χ4v) is 4.19. The first-order chi connectivity index (χ1) is 19.4. The van der Waals surface area contributed by atoms with Gasteiger partial charge in [-0.25, -0.2) is 9.18 Å². The molecule has 4 aromatic rings. The third kappa shape index (κ3) is 7.30. The number of nitrogens with one attached hydrogen (secondary N) is 1. The van der Waals surface area contributed by atoms with Gasteiger partial charge in [-0.2, -0.15) is 13.2 Å². The molecule has 9 heteroatoms. The molecular formula is C32H27F4NO4. The van der Waals surface area contributed by atoms with Crippen molar-refractivity contribution in [3.8, 4) is 28.0 Å². The zero-order valence-corrected chi connectivity index (χ0v) is 22.3. The number of carbonyl (C=O) groups excluding carboxylic acids is 1. The molecule has 0 bridgehead atoms. The van der Waals surface area contributed by atoms with E-state index < -0.39 is 29.4 Å². The molecule has 0 aliphatic carbocycles. The van der Waals surface area contributed by atoms with Crippen LogP contribution in [-0.2, 0) is 12.8 Å². The number of benzene rings is 4. The first-order valence-corrected chi connectivity index (χ1v) is 12.8. The Morgan fingerprint density at radius 3 is 2.15 bits per heavy atom. The molecule has 2 N–H and O–H groups in total. The third-order valence-corrected chi connectivity index (χ3v) is 6.26. The standard InChI is InChI=1S/C32H27F4NO4/c1-19(2)17-37-30(38)22-13-21(14-23(15-22)31(39)40)26-5-3-4-6-27(26)28-16-24(32(34,35)36)9-12-29(28)41-18-20-7-10-25(33)11-8-20/h3-16,19H,17-18H2,1-2H3,(H,37,38)(H,39,40). The van der Waals surface area contributed by atoms with Gasteiger partial charge >= 0.3 is 12.1 Å². The van der Waals surface area contributed by atoms with Crippen molar-refractivity contribution in [3.05, 3.63) is 113 Å². The summed E-state index contributed by atoms with van der Waals surface area (Å²) in [5, 5.41) is 12.5. The number of aromatic carboxylic acids is 1. The molecule has 0 aliphatic heterocycles. The lowest BCUT2D eigenvalue weighted by Gasteiger charge is -2.18. The maximum Gasteiger partial charge on any atom is 0.416 e. The number of hydrogen-bond acceptors (Lipinski definition) is 3. The second-order valence-corrected chi connectivity index (χ2v) is 9.88. The van der Waals surface area contributed by atoms with Crippen LogP contribution >= 0.6 is 0 Å². The van der Waals surface area contributed by atoms with Gasteiger partial charge in [-0.05, 0) is 76.7 Å². The van der Waals surface area contributed by atoms with Gasteiger partial charge in [-0.3, -0.25) is 4.79 Å². The molecule has 212 valence electrons. The highest BCUT2D eigenvalue weighted by Crippen LogP contribution is 2.41. The van der Waals surface area contributed by atoms with Gasteiger partial charge < -0.3 is 15.2 Å². The normalized spacial score (nSPS) is 11.4. The summed E-state index contributed by atoms with van der Waals surface area (Å²) >= 11 is 0. The predicted octanol–water partition coefficient (Wildman–Crippen LogP) is 7.84. The van der Waals surface area contributed by atoms with Gasteiger partial charge in [0, 0.05) is 17.7 Å². The lowest BCUT2D eigenvalue weighted by Crippen LogP contribution is -2.27. The lowest BCUT2D eigenvalue weighted by atomic mass is 9.91. The minimum absolute atomic E-state index is 0.0323. The number of amides is 1. The van der Waals surface area contributed by atoms with Crippen LogP contribution < -0.4 is 10.1 Å². The Hall–Kier alpha value is -4.66. The van der Waals surface area contributed by atoms with Crippen LogP contribution in [-0.4, -0.2) is 23.5 Å². The molecule has 0 heterocycles. The van der Waals surface area contributed by atoms with Crippen molar-refractivity contribution in [2.45, 2.75) is 26.6 Å². The van der Waals surface area contributed by atoms with E-state index in [0.717, 1.165) is 12.1 Å². The summed E-state index contributed by atoms with van der Waals surface area (Å²) in [5.74, 6) is -1.86. The van der Waals surface area contributed by atoms with Gasteiger partial charge in [0.1, 0.15) is 18.2 Å². The first-order valence-electron chi connectivity index (χ1n) is 12.8. The molecule has 4 rings (SSSR count). The Bertz CT molecular complexity index is 1560. The molecule has 0 unspecified atom stereocenters. The number of halogens is 4. The SMILES string of the molecule is CC(C)CNC(=O)c1cc(C(=O)O)cc(-c2ccccc2-c2cc(C(F)(F)F)ccc2OCc2ccc(F)cc2)c1. The number of carboxylic acid groups (broad SMARTS) is 1. The summed E-state index contributed by atoms with van der Waals surface area (Å²) in [7, 11) is 0. The van der Waals surface area contributed by atoms with Crippen LogP contribution in [0, 0.1) is 11.7 Å². The monoisotopic (exact) mass is 565 g/mol. The maximum atomic E-state index is 13.8. The van der Waals surface area contributed by atoms with E-state index in [1.165, 1.54) is 48.5 Å². The van der Waals surface area contributed by atoms with Gasteiger partial charge in [0.25, 0.3) is 5.91 Å². The van der Waals surface area contributed by atoms with Crippen molar-refractivity contribution >= 4 is 11.9 Å². The van der Waals surface area contributed by atoms with Crippen molar-refractivity contribution in [3.63, 3.8) is 0 Å². The minimum atomic E-state index is -4.63. The molecule has 0 spiro atoms. The van der Waals surface area contributed by atoms with E-state index in [1.807, 2.05) is 13.8 Å². The summed E-state index contributed by atoms with van der Waals surface area (Å²) < 4.78 is 60.5. The molecular weight excluding hydrogens is 538 g/mol. The molecule has 0 fully saturated rings. The van der Waals surface area contributed by atoms with Crippen LogP contribution in [0.4, 0.5) is 17.6 Å². The smallest absolute Gasteiger partial charge is 0.416 e. The van der Waals surface area contributed by atoms with E-state index in [0.29, 0.717) is 28.8 Å². The van der Waals surface area contributed by atoms with Crippen molar-refractivity contribution in [2.24, 2.45) is 5.92 Å². The van der Waals surface area contributed by atoms with Crippen molar-refractivity contribution in [2.75, 3.05) is 6.54 Å². The average molecular weight is 566 g/mol. The lowest BCUT2D eigenvalue weighted by molar-refractivity contribution is -0.137. The number of alkyl halides is 3. The predicted molar refractivity (Wildman–Crippen MR) is 147 cm³/mol. The maximum absolute atomic E-state index is 13.8. The number of carbonyl (C=O) groups is 2. The highest BCUT2D eigenvalue weighted by Gasteiger charge is 2.31. The minimum Gasteiger partial charge on any atom is -0.488 e. The van der Waals surface area contributed by atoms with E-state index in [1.54, 1.807) is 24.3 Å². The highest BCUT2D eigenvalue weighted by molar-refractivity contribution is 6.00. The van der Waals surface area contributed by atoms with E-state index in [-0.39, 0.29) is 35.0 Å². The van der Waals surface area contributed by atoms with E-state index in [2.05, 4.69) is 5.32 Å². The summed E-state index contributed by atoms with van der Waals surface area (Å²) in [6.07, 6.45) is -4.63. The van der Waals surface area contributed by atoms with Gasteiger partial charge in [0.15, 0.2) is 0 Å². The fraction of sp³-hybridized carbons (Fsp3) is 0.188. The van der Waals surface area contributed by atoms with Gasteiger partial charge in [0.05, 0.1) is 11.1 Å². The first kappa shape index (κ1) is 29.3. The molecule has 0 saturated carbocycles. The van der Waals surface area contributed by atoms with Gasteiger partial charge in [0.2, 0.25) is 0 Å². The van der Waals surface area contributed by atoms with E-state index in [9.17, 15) is 32.3 Å². The molecule has 0 radical (unpaired) electrons. The summed E-state index contributed by atoms with van der Waals surface area (Å²) in [6, 6.07) is 19.3. The van der Waals surface area contributed by atoms with Crippen LogP contribution in [0.15, 0.2) is 84.9 Å². The molecule has 1 amide bonds. The Morgan fingerprint density at radius 2 is 1.51 bits per heavy atom. The highest BCUT2D eigenvalue weighted by atomic mass is 19.4. The molecule has 0 aromatic heterocycles. The quantitative estimate of drug-likeness (QED) is 0.203. The molecule has 4 aromatic carbocycles. The molecule has 0 aliphatic rings. The zero-order valence-electron chi connectivity index (χ0n) is 22.3. The molecule has 5 nitrogen and oxygen atoms in total. The summed E-state index contributed by atoms with van der Waals surface area (Å²) in [4.78, 5) is 24.8. The number of rotatable bonds is 9. The summed E-state index contributed by atoms with van der Waals surface area (Å²) in [6.45, 7) is 4.18. The van der Waals surface area contributed by atoms with Crippen molar-refractivity contribution < 1.29 is 37.0 Å². The molecule has 0 atom stereocenters. The van der Waals surface area contributed by atoms with Crippen LogP contribution in [0.3, 0.4) is 0 Å². The van der Waals surface area contributed by atoms with Crippen LogP contribution in [0.1, 0.15) is 45.7 Å². The number of carboxylic acids is 1. The topological polar surface area (TPSA) is 75.6 Å². The van der Waals surface area contributed by atoms with Crippen molar-refractivity contribution in [1.82, 2.24) is 5.32 Å². The van der Waals surface area contributed by atoms with E-state index in [4.69, 9.17) is 4.74 Å². The third-order valence-electron chi connectivity index (χ3n) is 6.26. The molecule has 0 saturated heterocycles. The molecule has 41 heavy (non-hydrogen) atoms. The Morgan fingerprint density at radius 1 is 0.854 bits per heavy atom.